The molecule has 0 spiro atoms. The molecule has 30 heavy (non-hydrogen) atoms. The molecule has 0 bridgehead atoms. The van der Waals surface area contributed by atoms with E-state index in [-0.39, 0.29) is 24.3 Å². The summed E-state index contributed by atoms with van der Waals surface area (Å²) in [5.41, 5.74) is -0.101. The van der Waals surface area contributed by atoms with Crippen molar-refractivity contribution in [3.63, 3.8) is 0 Å². The summed E-state index contributed by atoms with van der Waals surface area (Å²) in [7, 11) is 2.85. The highest BCUT2D eigenvalue weighted by Gasteiger charge is 2.16. The first-order chi connectivity index (χ1) is 14.3. The lowest BCUT2D eigenvalue weighted by Crippen LogP contribution is -2.37. The van der Waals surface area contributed by atoms with Gasteiger partial charge in [0.25, 0.3) is 11.5 Å². The Morgan fingerprint density at radius 3 is 2.80 bits per heavy atom. The molecule has 3 heterocycles. The van der Waals surface area contributed by atoms with Crippen LogP contribution in [-0.4, -0.2) is 29.2 Å². The van der Waals surface area contributed by atoms with Gasteiger partial charge in [0.2, 0.25) is 0 Å². The van der Waals surface area contributed by atoms with Crippen LogP contribution in [-0.2, 0) is 32.0 Å². The smallest absolute Gasteiger partial charge is 0.315 e. The lowest BCUT2D eigenvalue weighted by atomic mass is 10.3. The molecule has 4 aromatic rings. The van der Waals surface area contributed by atoms with Crippen LogP contribution in [0.1, 0.15) is 0 Å². The van der Waals surface area contributed by atoms with Gasteiger partial charge < -0.3 is 9.13 Å². The molecule has 3 aromatic heterocycles. The van der Waals surface area contributed by atoms with E-state index in [0.717, 1.165) is 15.9 Å². The number of halogens is 1. The standard InChI is InChI=1S/C19H15FN6O3S/c1-4-7-26-12-6-5-11(20)8-13(12)30-18(26)22-14(27)9-25-10-21-16-15(25)17(28)24(3)19(29)23(16)2/h1,5-6,8,10H,7,9H2,2-3H3. The molecule has 0 N–H and O–H groups in total. The molecular formula is C19H15FN6O3S. The van der Waals surface area contributed by atoms with Crippen LogP contribution in [0, 0.1) is 18.2 Å². The number of carbonyl (C=O) groups is 1. The van der Waals surface area contributed by atoms with E-state index in [9.17, 15) is 18.8 Å². The maximum atomic E-state index is 13.6. The van der Waals surface area contributed by atoms with Crippen LogP contribution in [0.25, 0.3) is 21.4 Å². The maximum absolute atomic E-state index is 13.6. The molecule has 152 valence electrons. The zero-order chi connectivity index (χ0) is 21.6. The van der Waals surface area contributed by atoms with Crippen LogP contribution in [0.2, 0.25) is 0 Å². The number of thiazole rings is 1. The Morgan fingerprint density at radius 1 is 1.30 bits per heavy atom. The summed E-state index contributed by atoms with van der Waals surface area (Å²) < 4.78 is 19.3. The van der Waals surface area contributed by atoms with Crippen molar-refractivity contribution in [1.82, 2.24) is 23.3 Å². The van der Waals surface area contributed by atoms with Gasteiger partial charge in [0.15, 0.2) is 16.0 Å². The highest BCUT2D eigenvalue weighted by Crippen LogP contribution is 2.18. The molecule has 0 aliphatic rings. The molecule has 9 nitrogen and oxygen atoms in total. The molecule has 1 aromatic carbocycles. The second-order valence-electron chi connectivity index (χ2n) is 6.54. The van der Waals surface area contributed by atoms with Gasteiger partial charge in [-0.3, -0.25) is 18.7 Å². The average molecular weight is 426 g/mol. The van der Waals surface area contributed by atoms with Gasteiger partial charge in [-0.05, 0) is 18.2 Å². The summed E-state index contributed by atoms with van der Waals surface area (Å²) in [6.45, 7) is -0.100. The molecule has 0 atom stereocenters. The van der Waals surface area contributed by atoms with Crippen molar-refractivity contribution in [2.75, 3.05) is 0 Å². The van der Waals surface area contributed by atoms with E-state index in [1.807, 2.05) is 0 Å². The van der Waals surface area contributed by atoms with E-state index in [1.165, 1.54) is 41.7 Å². The lowest BCUT2D eigenvalue weighted by Gasteiger charge is -2.05. The van der Waals surface area contributed by atoms with Crippen LogP contribution in [0.15, 0.2) is 39.1 Å². The summed E-state index contributed by atoms with van der Waals surface area (Å²) in [6, 6.07) is 4.24. The van der Waals surface area contributed by atoms with Gasteiger partial charge >= 0.3 is 5.69 Å². The highest BCUT2D eigenvalue weighted by atomic mass is 32.1. The Kier molecular flexibility index (Phi) is 4.71. The van der Waals surface area contributed by atoms with Gasteiger partial charge in [0, 0.05) is 14.1 Å². The van der Waals surface area contributed by atoms with Gasteiger partial charge in [-0.1, -0.05) is 17.3 Å². The van der Waals surface area contributed by atoms with Crippen molar-refractivity contribution < 1.29 is 9.18 Å². The summed E-state index contributed by atoms with van der Waals surface area (Å²) in [6.07, 6.45) is 6.74. The highest BCUT2D eigenvalue weighted by molar-refractivity contribution is 7.16. The number of fused-ring (bicyclic) bond motifs is 2. The minimum atomic E-state index is -0.557. The maximum Gasteiger partial charge on any atom is 0.332 e. The number of terminal acetylenes is 1. The Balaban J connectivity index is 1.80. The second kappa shape index (κ2) is 7.23. The summed E-state index contributed by atoms with van der Waals surface area (Å²) in [4.78, 5) is 45.7. The van der Waals surface area contributed by atoms with Crippen molar-refractivity contribution in [1.29, 1.82) is 0 Å². The predicted octanol–water partition coefficient (Wildman–Crippen LogP) is 0.350. The van der Waals surface area contributed by atoms with Crippen molar-refractivity contribution in [2.24, 2.45) is 19.1 Å². The number of amides is 1. The molecular weight excluding hydrogens is 411 g/mol. The van der Waals surface area contributed by atoms with Crippen LogP contribution < -0.4 is 16.1 Å². The van der Waals surface area contributed by atoms with E-state index >= 15 is 0 Å². The third-order valence-corrected chi connectivity index (χ3v) is 5.68. The molecule has 0 unspecified atom stereocenters. The zero-order valence-corrected chi connectivity index (χ0v) is 16.8. The molecule has 0 radical (unpaired) electrons. The van der Waals surface area contributed by atoms with Crippen LogP contribution in [0.4, 0.5) is 4.39 Å². The number of imidazole rings is 1. The van der Waals surface area contributed by atoms with E-state index in [4.69, 9.17) is 6.42 Å². The number of hydrogen-bond acceptors (Lipinski definition) is 5. The fourth-order valence-corrected chi connectivity index (χ4v) is 4.25. The fourth-order valence-electron chi connectivity index (χ4n) is 3.18. The molecule has 1 amide bonds. The SMILES string of the molecule is C#CCn1c(=NC(=O)Cn2cnc3c2c(=O)n(C)c(=O)n3C)sc2cc(F)ccc21. The minimum Gasteiger partial charge on any atom is -0.315 e. The van der Waals surface area contributed by atoms with E-state index in [2.05, 4.69) is 15.9 Å². The zero-order valence-electron chi connectivity index (χ0n) is 16.0. The topological polar surface area (TPSA) is 96.2 Å². The molecule has 11 heteroatoms. The number of aryl methyl sites for hydroxylation is 1. The first-order valence-corrected chi connectivity index (χ1v) is 9.54. The largest absolute Gasteiger partial charge is 0.332 e. The number of benzene rings is 1. The Bertz CT molecular complexity index is 1560. The summed E-state index contributed by atoms with van der Waals surface area (Å²) in [5, 5.41) is 0. The molecule has 0 aliphatic heterocycles. The molecule has 0 aliphatic carbocycles. The molecule has 0 saturated carbocycles. The summed E-state index contributed by atoms with van der Waals surface area (Å²) >= 11 is 1.14. The van der Waals surface area contributed by atoms with Crippen molar-refractivity contribution in [3.8, 4) is 12.3 Å². The lowest BCUT2D eigenvalue weighted by molar-refractivity contribution is -0.118. The third kappa shape index (κ3) is 3.07. The van der Waals surface area contributed by atoms with E-state index in [1.54, 1.807) is 10.6 Å². The van der Waals surface area contributed by atoms with Gasteiger partial charge in [-0.15, -0.1) is 6.42 Å². The van der Waals surface area contributed by atoms with Gasteiger partial charge in [0.05, 0.1) is 23.1 Å². The predicted molar refractivity (Wildman–Crippen MR) is 109 cm³/mol. The Hall–Kier alpha value is -3.78. The molecule has 0 saturated heterocycles. The van der Waals surface area contributed by atoms with Crippen molar-refractivity contribution >= 4 is 38.6 Å². The third-order valence-electron chi connectivity index (χ3n) is 4.64. The van der Waals surface area contributed by atoms with Crippen molar-refractivity contribution in [3.05, 3.63) is 56.0 Å². The monoisotopic (exact) mass is 426 g/mol. The Morgan fingerprint density at radius 2 is 2.07 bits per heavy atom. The first-order valence-electron chi connectivity index (χ1n) is 8.72. The number of hydrogen-bond donors (Lipinski definition) is 0. The summed E-state index contributed by atoms with van der Waals surface area (Å²) in [5.74, 6) is 1.54. The normalized spacial score (nSPS) is 12.0. The van der Waals surface area contributed by atoms with Crippen molar-refractivity contribution in [2.45, 2.75) is 13.1 Å². The van der Waals surface area contributed by atoms with Gasteiger partial charge in [-0.25, -0.2) is 14.2 Å². The average Bonchev–Trinajstić information content (AvgIpc) is 3.26. The van der Waals surface area contributed by atoms with Gasteiger partial charge in [0.1, 0.15) is 12.4 Å². The number of rotatable bonds is 3. The molecule has 4 rings (SSSR count). The van der Waals surface area contributed by atoms with Gasteiger partial charge in [-0.2, -0.15) is 4.99 Å². The Labute approximate surface area is 172 Å². The van der Waals surface area contributed by atoms with E-state index < -0.39 is 23.0 Å². The number of carbonyl (C=O) groups excluding carboxylic acids is 1. The number of nitrogens with zero attached hydrogens (tertiary/aromatic N) is 6. The first kappa shape index (κ1) is 19.5. The minimum absolute atomic E-state index is 0.123. The quantitative estimate of drug-likeness (QED) is 0.442. The second-order valence-corrected chi connectivity index (χ2v) is 7.55. The van der Waals surface area contributed by atoms with Crippen LogP contribution in [0.5, 0.6) is 0 Å². The fraction of sp³-hybridized carbons (Fsp3) is 0.211. The number of aromatic nitrogens is 5. The van der Waals surface area contributed by atoms with Crippen LogP contribution in [0.3, 0.4) is 0 Å². The van der Waals surface area contributed by atoms with E-state index in [0.29, 0.717) is 15.0 Å². The molecule has 0 fully saturated rings. The van der Waals surface area contributed by atoms with Crippen LogP contribution >= 0.6 is 11.3 Å².